The number of nitrogens with zero attached hydrogens (tertiary/aromatic N) is 2. The third-order valence-electron chi connectivity index (χ3n) is 2.78. The van der Waals surface area contributed by atoms with Crippen molar-refractivity contribution >= 4 is 33.5 Å². The SMILES string of the molecule is COC(=O)Cn1cc(NC(=O)c2cc(C)ccc2Br)cn1. The molecule has 1 aromatic heterocycles. The van der Waals surface area contributed by atoms with Gasteiger partial charge in [-0.1, -0.05) is 11.6 Å². The summed E-state index contributed by atoms with van der Waals surface area (Å²) in [4.78, 5) is 23.3. The molecular weight excluding hydrogens is 338 g/mol. The minimum absolute atomic E-state index is 0.000506. The van der Waals surface area contributed by atoms with Crippen molar-refractivity contribution in [1.29, 1.82) is 0 Å². The van der Waals surface area contributed by atoms with Crippen molar-refractivity contribution in [2.45, 2.75) is 13.5 Å². The van der Waals surface area contributed by atoms with E-state index in [2.05, 4.69) is 31.1 Å². The van der Waals surface area contributed by atoms with Crippen LogP contribution in [0.2, 0.25) is 0 Å². The number of aryl methyl sites for hydroxylation is 1. The molecule has 1 heterocycles. The molecule has 0 spiro atoms. The molecule has 0 unspecified atom stereocenters. The maximum absolute atomic E-state index is 12.2. The molecule has 0 aliphatic carbocycles. The van der Waals surface area contributed by atoms with Gasteiger partial charge in [-0.05, 0) is 35.0 Å². The van der Waals surface area contributed by atoms with Gasteiger partial charge >= 0.3 is 5.97 Å². The molecule has 1 amide bonds. The second-order valence-electron chi connectivity index (χ2n) is 4.44. The second kappa shape index (κ2) is 6.53. The average molecular weight is 352 g/mol. The lowest BCUT2D eigenvalue weighted by molar-refractivity contribution is -0.141. The molecule has 1 N–H and O–H groups in total. The minimum atomic E-state index is -0.405. The number of anilines is 1. The van der Waals surface area contributed by atoms with E-state index >= 15 is 0 Å². The van der Waals surface area contributed by atoms with Gasteiger partial charge in [0.25, 0.3) is 5.91 Å². The third kappa shape index (κ3) is 3.91. The molecular formula is C14H14BrN3O3. The molecule has 0 atom stereocenters. The van der Waals surface area contributed by atoms with Crippen LogP contribution in [0.1, 0.15) is 15.9 Å². The molecule has 7 heteroatoms. The summed E-state index contributed by atoms with van der Waals surface area (Å²) in [6.07, 6.45) is 3.04. The van der Waals surface area contributed by atoms with E-state index in [0.29, 0.717) is 15.7 Å². The van der Waals surface area contributed by atoms with Gasteiger partial charge in [0.15, 0.2) is 0 Å². The number of rotatable bonds is 4. The number of ether oxygens (including phenoxy) is 1. The number of esters is 1. The normalized spacial score (nSPS) is 10.2. The zero-order valence-corrected chi connectivity index (χ0v) is 13.2. The summed E-state index contributed by atoms with van der Waals surface area (Å²) >= 11 is 3.35. The Morgan fingerprint density at radius 2 is 2.19 bits per heavy atom. The second-order valence-corrected chi connectivity index (χ2v) is 5.29. The van der Waals surface area contributed by atoms with Gasteiger partial charge < -0.3 is 10.1 Å². The molecule has 21 heavy (non-hydrogen) atoms. The van der Waals surface area contributed by atoms with E-state index in [4.69, 9.17) is 0 Å². The lowest BCUT2D eigenvalue weighted by atomic mass is 10.1. The lowest BCUT2D eigenvalue weighted by Gasteiger charge is -2.06. The highest BCUT2D eigenvalue weighted by Gasteiger charge is 2.12. The van der Waals surface area contributed by atoms with Crippen molar-refractivity contribution in [3.05, 3.63) is 46.2 Å². The predicted octanol–water partition coefficient (Wildman–Crippen LogP) is 2.38. The molecule has 0 saturated heterocycles. The summed E-state index contributed by atoms with van der Waals surface area (Å²) in [5, 5.41) is 6.71. The molecule has 2 rings (SSSR count). The molecule has 0 bridgehead atoms. The molecule has 0 radical (unpaired) electrons. The highest BCUT2D eigenvalue weighted by molar-refractivity contribution is 9.10. The van der Waals surface area contributed by atoms with Crippen molar-refractivity contribution in [1.82, 2.24) is 9.78 Å². The molecule has 0 aliphatic heterocycles. The van der Waals surface area contributed by atoms with Gasteiger partial charge in [0.1, 0.15) is 6.54 Å². The number of nitrogens with one attached hydrogen (secondary N) is 1. The van der Waals surface area contributed by atoms with E-state index in [1.54, 1.807) is 12.3 Å². The fourth-order valence-electron chi connectivity index (χ4n) is 1.72. The molecule has 2 aromatic rings. The largest absolute Gasteiger partial charge is 0.468 e. The number of halogens is 1. The Morgan fingerprint density at radius 1 is 1.43 bits per heavy atom. The summed E-state index contributed by atoms with van der Waals surface area (Å²) in [6, 6.07) is 5.53. The average Bonchev–Trinajstić information content (AvgIpc) is 2.88. The van der Waals surface area contributed by atoms with Crippen molar-refractivity contribution in [2.24, 2.45) is 0 Å². The summed E-state index contributed by atoms with van der Waals surface area (Å²) in [7, 11) is 1.31. The predicted molar refractivity (Wildman–Crippen MR) is 81.1 cm³/mol. The van der Waals surface area contributed by atoms with Crippen LogP contribution in [0.15, 0.2) is 35.1 Å². The van der Waals surface area contributed by atoms with Crippen LogP contribution in [-0.2, 0) is 16.1 Å². The summed E-state index contributed by atoms with van der Waals surface area (Å²) in [5.74, 6) is -0.652. The van der Waals surface area contributed by atoms with Crippen LogP contribution in [0, 0.1) is 6.92 Å². The Kier molecular flexibility index (Phi) is 4.74. The van der Waals surface area contributed by atoms with E-state index in [1.165, 1.54) is 18.0 Å². The summed E-state index contributed by atoms with van der Waals surface area (Å²) in [5.41, 5.74) is 2.04. The monoisotopic (exact) mass is 351 g/mol. The minimum Gasteiger partial charge on any atom is -0.468 e. The van der Waals surface area contributed by atoms with Crippen LogP contribution < -0.4 is 5.32 Å². The lowest BCUT2D eigenvalue weighted by Crippen LogP contribution is -2.13. The number of amides is 1. The van der Waals surface area contributed by atoms with E-state index in [0.717, 1.165) is 5.56 Å². The van der Waals surface area contributed by atoms with E-state index in [1.807, 2.05) is 19.1 Å². The van der Waals surface area contributed by atoms with Crippen molar-refractivity contribution in [3.8, 4) is 0 Å². The summed E-state index contributed by atoms with van der Waals surface area (Å²) < 4.78 is 6.66. The fraction of sp³-hybridized carbons (Fsp3) is 0.214. The standard InChI is InChI=1S/C14H14BrN3O3/c1-9-3-4-12(15)11(5-9)14(20)17-10-6-16-18(7-10)8-13(19)21-2/h3-7H,8H2,1-2H3,(H,17,20). The van der Waals surface area contributed by atoms with Gasteiger partial charge in [-0.2, -0.15) is 5.10 Å². The van der Waals surface area contributed by atoms with E-state index < -0.39 is 5.97 Å². The van der Waals surface area contributed by atoms with Crippen molar-refractivity contribution in [3.63, 3.8) is 0 Å². The summed E-state index contributed by atoms with van der Waals surface area (Å²) in [6.45, 7) is 1.91. The van der Waals surface area contributed by atoms with Crippen LogP contribution in [0.3, 0.4) is 0 Å². The zero-order valence-electron chi connectivity index (χ0n) is 11.6. The van der Waals surface area contributed by atoms with Crippen LogP contribution in [-0.4, -0.2) is 28.8 Å². The van der Waals surface area contributed by atoms with Crippen molar-refractivity contribution in [2.75, 3.05) is 12.4 Å². The maximum Gasteiger partial charge on any atom is 0.327 e. The number of carbonyl (C=O) groups excluding carboxylic acids is 2. The number of aromatic nitrogens is 2. The number of hydrogen-bond acceptors (Lipinski definition) is 4. The Balaban J connectivity index is 2.09. The van der Waals surface area contributed by atoms with Gasteiger partial charge in [-0.25, -0.2) is 0 Å². The zero-order chi connectivity index (χ0) is 15.4. The van der Waals surface area contributed by atoms with Gasteiger partial charge in [-0.15, -0.1) is 0 Å². The third-order valence-corrected chi connectivity index (χ3v) is 3.47. The van der Waals surface area contributed by atoms with E-state index in [9.17, 15) is 9.59 Å². The Hall–Kier alpha value is -2.15. The first-order chi connectivity index (χ1) is 9.99. The van der Waals surface area contributed by atoms with E-state index in [-0.39, 0.29) is 12.5 Å². The highest BCUT2D eigenvalue weighted by Crippen LogP contribution is 2.19. The van der Waals surface area contributed by atoms with Gasteiger partial charge in [0, 0.05) is 10.7 Å². The fourth-order valence-corrected chi connectivity index (χ4v) is 2.15. The molecule has 0 saturated carbocycles. The number of hydrogen-bond donors (Lipinski definition) is 1. The first-order valence-electron chi connectivity index (χ1n) is 6.16. The topological polar surface area (TPSA) is 73.2 Å². The number of carbonyl (C=O) groups is 2. The molecule has 0 fully saturated rings. The Bertz CT molecular complexity index is 682. The van der Waals surface area contributed by atoms with Crippen LogP contribution >= 0.6 is 15.9 Å². The Labute approximate surface area is 130 Å². The van der Waals surface area contributed by atoms with Crippen LogP contribution in [0.25, 0.3) is 0 Å². The molecule has 0 aliphatic rings. The molecule has 1 aromatic carbocycles. The van der Waals surface area contributed by atoms with Gasteiger partial charge in [0.2, 0.25) is 0 Å². The van der Waals surface area contributed by atoms with Gasteiger partial charge in [0.05, 0.1) is 24.6 Å². The maximum atomic E-state index is 12.2. The number of benzene rings is 1. The highest BCUT2D eigenvalue weighted by atomic mass is 79.9. The first-order valence-corrected chi connectivity index (χ1v) is 6.95. The smallest absolute Gasteiger partial charge is 0.327 e. The van der Waals surface area contributed by atoms with Crippen LogP contribution in [0.5, 0.6) is 0 Å². The Morgan fingerprint density at radius 3 is 2.90 bits per heavy atom. The molecule has 110 valence electrons. The quantitative estimate of drug-likeness (QED) is 0.858. The van der Waals surface area contributed by atoms with Crippen LogP contribution in [0.4, 0.5) is 5.69 Å². The number of methoxy groups -OCH3 is 1. The first kappa shape index (κ1) is 15.2. The van der Waals surface area contributed by atoms with Crippen molar-refractivity contribution < 1.29 is 14.3 Å². The molecule has 6 nitrogen and oxygen atoms in total. The van der Waals surface area contributed by atoms with Gasteiger partial charge in [-0.3, -0.25) is 14.3 Å².